The first kappa shape index (κ1) is 21.2. The van der Waals surface area contributed by atoms with Crippen LogP contribution in [0.4, 0.5) is 10.5 Å². The first-order valence-electron chi connectivity index (χ1n) is 9.07. The Morgan fingerprint density at radius 3 is 2.07 bits per heavy atom. The summed E-state index contributed by atoms with van der Waals surface area (Å²) in [6.07, 6.45) is 0.725. The summed E-state index contributed by atoms with van der Waals surface area (Å²) in [4.78, 5) is 12.1. The van der Waals surface area contributed by atoms with Crippen molar-refractivity contribution in [2.24, 2.45) is 0 Å². The van der Waals surface area contributed by atoms with Crippen LogP contribution in [-0.2, 0) is 6.42 Å². The molecule has 2 aromatic carbocycles. The zero-order chi connectivity index (χ0) is 20.5. The molecule has 2 aromatic rings. The van der Waals surface area contributed by atoms with Crippen molar-refractivity contribution >= 4 is 11.7 Å². The average Bonchev–Trinajstić information content (AvgIpc) is 2.68. The quantitative estimate of drug-likeness (QED) is 0.682. The number of carbonyl (C=O) groups is 1. The second-order valence-electron chi connectivity index (χ2n) is 6.36. The van der Waals surface area contributed by atoms with Crippen molar-refractivity contribution < 1.29 is 23.7 Å². The van der Waals surface area contributed by atoms with Crippen LogP contribution in [0.3, 0.4) is 0 Å². The SMILES string of the molecule is COc1cc(CCNC(=O)Nc2ccc(OC(C)C)cc2)cc(OC)c1OC. The molecule has 0 aliphatic rings. The van der Waals surface area contributed by atoms with E-state index in [1.54, 1.807) is 33.5 Å². The Morgan fingerprint density at radius 2 is 1.57 bits per heavy atom. The van der Waals surface area contributed by atoms with E-state index >= 15 is 0 Å². The maximum absolute atomic E-state index is 12.1. The molecule has 0 atom stereocenters. The Bertz CT molecular complexity index is 750. The van der Waals surface area contributed by atoms with Gasteiger partial charge >= 0.3 is 6.03 Å². The Balaban J connectivity index is 1.88. The van der Waals surface area contributed by atoms with E-state index in [4.69, 9.17) is 18.9 Å². The van der Waals surface area contributed by atoms with Crippen molar-refractivity contribution in [1.82, 2.24) is 5.32 Å². The first-order valence-corrected chi connectivity index (χ1v) is 9.07. The molecular weight excluding hydrogens is 360 g/mol. The minimum Gasteiger partial charge on any atom is -0.493 e. The molecule has 28 heavy (non-hydrogen) atoms. The van der Waals surface area contributed by atoms with Gasteiger partial charge in [-0.25, -0.2) is 4.79 Å². The van der Waals surface area contributed by atoms with E-state index in [1.165, 1.54) is 0 Å². The van der Waals surface area contributed by atoms with Gasteiger partial charge in [0.25, 0.3) is 0 Å². The molecule has 0 saturated heterocycles. The largest absolute Gasteiger partial charge is 0.493 e. The fourth-order valence-corrected chi connectivity index (χ4v) is 2.66. The standard InChI is InChI=1S/C21H28N2O5/c1-14(2)28-17-8-6-16(7-9-17)23-21(24)22-11-10-15-12-18(25-3)20(27-5)19(13-15)26-4/h6-9,12-14H,10-11H2,1-5H3,(H2,22,23,24). The fourth-order valence-electron chi connectivity index (χ4n) is 2.66. The van der Waals surface area contributed by atoms with Gasteiger partial charge in [-0.3, -0.25) is 0 Å². The molecule has 7 heteroatoms. The number of nitrogens with one attached hydrogen (secondary N) is 2. The summed E-state index contributed by atoms with van der Waals surface area (Å²) in [5.74, 6) is 2.49. The van der Waals surface area contributed by atoms with Crippen LogP contribution in [-0.4, -0.2) is 40.0 Å². The van der Waals surface area contributed by atoms with Crippen LogP contribution in [0, 0.1) is 0 Å². The highest BCUT2D eigenvalue weighted by Gasteiger charge is 2.13. The number of benzene rings is 2. The van der Waals surface area contributed by atoms with Crippen LogP contribution >= 0.6 is 0 Å². The number of methoxy groups -OCH3 is 3. The van der Waals surface area contributed by atoms with Gasteiger partial charge in [0.2, 0.25) is 5.75 Å². The van der Waals surface area contributed by atoms with Gasteiger partial charge in [0.1, 0.15) is 5.75 Å². The van der Waals surface area contributed by atoms with Crippen LogP contribution in [0.1, 0.15) is 19.4 Å². The fraction of sp³-hybridized carbons (Fsp3) is 0.381. The van der Waals surface area contributed by atoms with Crippen molar-refractivity contribution in [2.45, 2.75) is 26.4 Å². The molecule has 0 aliphatic carbocycles. The smallest absolute Gasteiger partial charge is 0.319 e. The third kappa shape index (κ3) is 5.97. The molecule has 0 saturated carbocycles. The summed E-state index contributed by atoms with van der Waals surface area (Å²) >= 11 is 0. The lowest BCUT2D eigenvalue weighted by Crippen LogP contribution is -2.30. The van der Waals surface area contributed by atoms with E-state index in [-0.39, 0.29) is 12.1 Å². The number of amides is 2. The van der Waals surface area contributed by atoms with Gasteiger partial charge in [-0.15, -0.1) is 0 Å². The highest BCUT2D eigenvalue weighted by molar-refractivity contribution is 5.89. The molecule has 7 nitrogen and oxygen atoms in total. The minimum atomic E-state index is -0.273. The van der Waals surface area contributed by atoms with Crippen LogP contribution in [0.2, 0.25) is 0 Å². The van der Waals surface area contributed by atoms with Crippen LogP contribution < -0.4 is 29.6 Å². The van der Waals surface area contributed by atoms with Crippen LogP contribution in [0.25, 0.3) is 0 Å². The van der Waals surface area contributed by atoms with Crippen molar-refractivity contribution in [3.8, 4) is 23.0 Å². The molecule has 0 spiro atoms. The van der Waals surface area contributed by atoms with Gasteiger partial charge in [-0.1, -0.05) is 0 Å². The van der Waals surface area contributed by atoms with Gasteiger partial charge in [0, 0.05) is 12.2 Å². The molecule has 2 rings (SSSR count). The van der Waals surface area contributed by atoms with Gasteiger partial charge in [0.05, 0.1) is 27.4 Å². The number of anilines is 1. The van der Waals surface area contributed by atoms with Crippen LogP contribution in [0.5, 0.6) is 23.0 Å². The third-order valence-electron chi connectivity index (χ3n) is 3.91. The van der Waals surface area contributed by atoms with E-state index < -0.39 is 0 Å². The lowest BCUT2D eigenvalue weighted by Gasteiger charge is -2.14. The van der Waals surface area contributed by atoms with Gasteiger partial charge < -0.3 is 29.6 Å². The predicted octanol–water partition coefficient (Wildman–Crippen LogP) is 3.86. The summed E-state index contributed by atoms with van der Waals surface area (Å²) in [6, 6.07) is 10.7. The molecule has 0 radical (unpaired) electrons. The number of urea groups is 1. The second kappa shape index (κ2) is 10.3. The Labute approximate surface area is 165 Å². The molecule has 0 unspecified atom stereocenters. The molecule has 2 N–H and O–H groups in total. The molecule has 0 aromatic heterocycles. The zero-order valence-electron chi connectivity index (χ0n) is 17.0. The number of rotatable bonds is 9. The summed E-state index contributed by atoms with van der Waals surface area (Å²) in [5.41, 5.74) is 1.66. The van der Waals surface area contributed by atoms with E-state index in [1.807, 2.05) is 38.1 Å². The minimum absolute atomic E-state index is 0.109. The van der Waals surface area contributed by atoms with E-state index in [0.717, 1.165) is 11.3 Å². The molecule has 0 heterocycles. The van der Waals surface area contributed by atoms with Crippen molar-refractivity contribution in [2.75, 3.05) is 33.2 Å². The second-order valence-corrected chi connectivity index (χ2v) is 6.36. The predicted molar refractivity (Wildman–Crippen MR) is 109 cm³/mol. The van der Waals surface area contributed by atoms with E-state index in [0.29, 0.717) is 35.9 Å². The summed E-state index contributed by atoms with van der Waals surface area (Å²) in [7, 11) is 4.71. The number of hydrogen-bond acceptors (Lipinski definition) is 5. The average molecular weight is 388 g/mol. The summed E-state index contributed by atoms with van der Waals surface area (Å²) < 4.78 is 21.6. The maximum atomic E-state index is 12.1. The van der Waals surface area contributed by atoms with E-state index in [9.17, 15) is 4.79 Å². The van der Waals surface area contributed by atoms with E-state index in [2.05, 4.69) is 10.6 Å². The van der Waals surface area contributed by atoms with Crippen molar-refractivity contribution in [1.29, 1.82) is 0 Å². The molecule has 2 amide bonds. The monoisotopic (exact) mass is 388 g/mol. The maximum Gasteiger partial charge on any atom is 0.319 e. The lowest BCUT2D eigenvalue weighted by molar-refractivity contribution is 0.242. The lowest BCUT2D eigenvalue weighted by atomic mass is 10.1. The Morgan fingerprint density at radius 1 is 0.964 bits per heavy atom. The summed E-state index contributed by atoms with van der Waals surface area (Å²) in [6.45, 7) is 4.39. The zero-order valence-corrected chi connectivity index (χ0v) is 17.0. The molecule has 152 valence electrons. The van der Waals surface area contributed by atoms with Crippen molar-refractivity contribution in [3.05, 3.63) is 42.0 Å². The third-order valence-corrected chi connectivity index (χ3v) is 3.91. The molecule has 0 bridgehead atoms. The van der Waals surface area contributed by atoms with Gasteiger partial charge in [-0.05, 0) is 62.2 Å². The van der Waals surface area contributed by atoms with Gasteiger partial charge in [0.15, 0.2) is 11.5 Å². The van der Waals surface area contributed by atoms with Crippen LogP contribution in [0.15, 0.2) is 36.4 Å². The molecular formula is C21H28N2O5. The summed E-state index contributed by atoms with van der Waals surface area (Å²) in [5, 5.41) is 5.63. The number of ether oxygens (including phenoxy) is 4. The number of hydrogen-bond donors (Lipinski definition) is 2. The van der Waals surface area contributed by atoms with Gasteiger partial charge in [-0.2, -0.15) is 0 Å². The Hall–Kier alpha value is -3.09. The first-order chi connectivity index (χ1) is 13.5. The Kier molecular flexibility index (Phi) is 7.80. The normalized spacial score (nSPS) is 10.4. The number of carbonyl (C=O) groups excluding carboxylic acids is 1. The van der Waals surface area contributed by atoms with Crippen molar-refractivity contribution in [3.63, 3.8) is 0 Å². The molecule has 0 fully saturated rings. The highest BCUT2D eigenvalue weighted by Crippen LogP contribution is 2.38. The topological polar surface area (TPSA) is 78.1 Å². The molecule has 0 aliphatic heterocycles. The highest BCUT2D eigenvalue weighted by atomic mass is 16.5.